The molecule has 0 spiro atoms. The van der Waals surface area contributed by atoms with E-state index in [2.05, 4.69) is 0 Å². The molecule has 2 amide bonds. The summed E-state index contributed by atoms with van der Waals surface area (Å²) in [7, 11) is 0. The number of likely N-dealkylation sites (tertiary alicyclic amines) is 1. The van der Waals surface area contributed by atoms with Crippen LogP contribution >= 0.6 is 0 Å². The molecule has 1 N–H and O–H groups in total. The van der Waals surface area contributed by atoms with Crippen molar-refractivity contribution < 1.29 is 14.7 Å². The van der Waals surface area contributed by atoms with Crippen LogP contribution < -0.4 is 4.90 Å². The van der Waals surface area contributed by atoms with Crippen LogP contribution in [0, 0.1) is 0 Å². The quantitative estimate of drug-likeness (QED) is 0.923. The van der Waals surface area contributed by atoms with Crippen LogP contribution in [0.5, 0.6) is 0 Å². The van der Waals surface area contributed by atoms with Gasteiger partial charge in [-0.25, -0.2) is 0 Å². The number of carbonyl (C=O) groups is 2. The number of anilines is 1. The van der Waals surface area contributed by atoms with E-state index in [1.807, 2.05) is 34.1 Å². The molecule has 3 rings (SSSR count). The maximum absolute atomic E-state index is 12.8. The average Bonchev–Trinajstić information content (AvgIpc) is 3.02. The van der Waals surface area contributed by atoms with E-state index in [4.69, 9.17) is 0 Å². The summed E-state index contributed by atoms with van der Waals surface area (Å²) in [6, 6.07) is 7.50. The summed E-state index contributed by atoms with van der Waals surface area (Å²) in [5, 5.41) is 9.61. The molecule has 0 aliphatic carbocycles. The van der Waals surface area contributed by atoms with Gasteiger partial charge >= 0.3 is 0 Å². The van der Waals surface area contributed by atoms with E-state index in [9.17, 15) is 14.7 Å². The second-order valence-corrected chi connectivity index (χ2v) is 6.93. The molecule has 2 saturated heterocycles. The first-order chi connectivity index (χ1) is 11.6. The van der Waals surface area contributed by atoms with E-state index in [0.29, 0.717) is 18.4 Å². The van der Waals surface area contributed by atoms with Crippen molar-refractivity contribution in [2.75, 3.05) is 18.0 Å². The van der Waals surface area contributed by atoms with Gasteiger partial charge in [-0.3, -0.25) is 9.59 Å². The molecule has 5 heteroatoms. The Morgan fingerprint density at radius 1 is 1.21 bits per heavy atom. The number of amides is 2. The van der Waals surface area contributed by atoms with Gasteiger partial charge < -0.3 is 14.9 Å². The second-order valence-electron chi connectivity index (χ2n) is 6.93. The van der Waals surface area contributed by atoms with Crippen LogP contribution in [0.1, 0.15) is 55.8 Å². The van der Waals surface area contributed by atoms with Gasteiger partial charge in [0, 0.05) is 36.8 Å². The molecule has 1 aromatic carbocycles. The standard InChI is InChI=1S/C19H26N2O3/c1-14(22)13-17-5-4-12-21(17)19(24)15-7-9-16(10-8-15)20-11-3-2-6-18(20)23/h7-10,14,17,22H,2-6,11-13H2,1H3. The van der Waals surface area contributed by atoms with Crippen molar-refractivity contribution in [1.29, 1.82) is 0 Å². The third kappa shape index (κ3) is 3.61. The van der Waals surface area contributed by atoms with Crippen LogP contribution in [0.15, 0.2) is 24.3 Å². The number of nitrogens with zero attached hydrogens (tertiary/aromatic N) is 2. The number of benzene rings is 1. The van der Waals surface area contributed by atoms with Gasteiger partial charge in [0.15, 0.2) is 0 Å². The van der Waals surface area contributed by atoms with Crippen molar-refractivity contribution in [2.45, 2.75) is 57.6 Å². The lowest BCUT2D eigenvalue weighted by Crippen LogP contribution is -2.37. The SMILES string of the molecule is CC(O)CC1CCCN1C(=O)c1ccc(N2CCCCC2=O)cc1. The molecule has 2 atom stereocenters. The van der Waals surface area contributed by atoms with Gasteiger partial charge in [0.1, 0.15) is 0 Å². The van der Waals surface area contributed by atoms with Gasteiger partial charge in [0.05, 0.1) is 6.10 Å². The van der Waals surface area contributed by atoms with Gasteiger partial charge in [-0.05, 0) is 63.3 Å². The Kier molecular flexibility index (Phi) is 5.19. The Morgan fingerprint density at radius 2 is 1.96 bits per heavy atom. The van der Waals surface area contributed by atoms with Gasteiger partial charge in [0.25, 0.3) is 5.91 Å². The Balaban J connectivity index is 1.70. The third-order valence-electron chi connectivity index (χ3n) is 5.00. The topological polar surface area (TPSA) is 60.9 Å². The fourth-order valence-electron chi connectivity index (χ4n) is 3.77. The van der Waals surface area contributed by atoms with Crippen molar-refractivity contribution in [2.24, 2.45) is 0 Å². The van der Waals surface area contributed by atoms with Gasteiger partial charge in [-0.2, -0.15) is 0 Å². The fourth-order valence-corrected chi connectivity index (χ4v) is 3.77. The van der Waals surface area contributed by atoms with Crippen LogP contribution in [0.2, 0.25) is 0 Å². The van der Waals surface area contributed by atoms with E-state index < -0.39 is 6.10 Å². The first-order valence-electron chi connectivity index (χ1n) is 8.95. The van der Waals surface area contributed by atoms with Crippen LogP contribution in [-0.2, 0) is 4.79 Å². The molecule has 130 valence electrons. The molecular formula is C19H26N2O3. The monoisotopic (exact) mass is 330 g/mol. The summed E-state index contributed by atoms with van der Waals surface area (Å²) in [6.07, 6.45) is 4.78. The molecular weight excluding hydrogens is 304 g/mol. The highest BCUT2D eigenvalue weighted by atomic mass is 16.3. The van der Waals surface area contributed by atoms with E-state index in [1.54, 1.807) is 6.92 Å². The Labute approximate surface area is 143 Å². The summed E-state index contributed by atoms with van der Waals surface area (Å²) >= 11 is 0. The summed E-state index contributed by atoms with van der Waals surface area (Å²) in [4.78, 5) is 28.4. The minimum Gasteiger partial charge on any atom is -0.393 e. The molecule has 2 fully saturated rings. The molecule has 0 saturated carbocycles. The molecule has 1 aromatic rings. The summed E-state index contributed by atoms with van der Waals surface area (Å²) < 4.78 is 0. The van der Waals surface area contributed by atoms with Crippen molar-refractivity contribution in [3.8, 4) is 0 Å². The zero-order valence-corrected chi connectivity index (χ0v) is 14.3. The molecule has 2 unspecified atom stereocenters. The first-order valence-corrected chi connectivity index (χ1v) is 8.95. The smallest absolute Gasteiger partial charge is 0.254 e. The predicted octanol–water partition coefficient (Wildman–Crippen LogP) is 2.58. The van der Waals surface area contributed by atoms with Gasteiger partial charge in [-0.1, -0.05) is 0 Å². The zero-order chi connectivity index (χ0) is 17.1. The normalized spacial score (nSPS) is 22.8. The zero-order valence-electron chi connectivity index (χ0n) is 14.3. The highest BCUT2D eigenvalue weighted by Gasteiger charge is 2.30. The summed E-state index contributed by atoms with van der Waals surface area (Å²) in [5.74, 6) is 0.187. The molecule has 5 nitrogen and oxygen atoms in total. The molecule has 0 aromatic heterocycles. The predicted molar refractivity (Wildman–Crippen MR) is 93.0 cm³/mol. The van der Waals surface area contributed by atoms with E-state index >= 15 is 0 Å². The number of hydrogen-bond acceptors (Lipinski definition) is 3. The number of rotatable bonds is 4. The molecule has 2 heterocycles. The lowest BCUT2D eigenvalue weighted by molar-refractivity contribution is -0.119. The first kappa shape index (κ1) is 17.0. The maximum Gasteiger partial charge on any atom is 0.254 e. The van der Waals surface area contributed by atoms with Crippen molar-refractivity contribution >= 4 is 17.5 Å². The van der Waals surface area contributed by atoms with Crippen LogP contribution in [0.25, 0.3) is 0 Å². The van der Waals surface area contributed by atoms with Crippen molar-refractivity contribution in [1.82, 2.24) is 4.90 Å². The number of carbonyl (C=O) groups excluding carboxylic acids is 2. The highest BCUT2D eigenvalue weighted by Crippen LogP contribution is 2.25. The van der Waals surface area contributed by atoms with E-state index in [0.717, 1.165) is 44.5 Å². The number of aliphatic hydroxyl groups is 1. The van der Waals surface area contributed by atoms with E-state index in [1.165, 1.54) is 0 Å². The maximum atomic E-state index is 12.8. The Morgan fingerprint density at radius 3 is 2.62 bits per heavy atom. The summed E-state index contributed by atoms with van der Waals surface area (Å²) in [6.45, 7) is 3.28. The minimum atomic E-state index is -0.393. The molecule has 0 radical (unpaired) electrons. The number of hydrogen-bond donors (Lipinski definition) is 1. The number of piperidine rings is 1. The van der Waals surface area contributed by atoms with Gasteiger partial charge in [0.2, 0.25) is 5.91 Å². The molecule has 24 heavy (non-hydrogen) atoms. The van der Waals surface area contributed by atoms with Crippen LogP contribution in [0.3, 0.4) is 0 Å². The fraction of sp³-hybridized carbons (Fsp3) is 0.579. The van der Waals surface area contributed by atoms with E-state index in [-0.39, 0.29) is 17.9 Å². The van der Waals surface area contributed by atoms with Gasteiger partial charge in [-0.15, -0.1) is 0 Å². The van der Waals surface area contributed by atoms with Crippen molar-refractivity contribution in [3.63, 3.8) is 0 Å². The van der Waals surface area contributed by atoms with Crippen LogP contribution in [0.4, 0.5) is 5.69 Å². The molecule has 2 aliphatic heterocycles. The summed E-state index contributed by atoms with van der Waals surface area (Å²) in [5.41, 5.74) is 1.53. The number of aliphatic hydroxyl groups excluding tert-OH is 1. The Hall–Kier alpha value is -1.88. The second kappa shape index (κ2) is 7.34. The molecule has 2 aliphatic rings. The lowest BCUT2D eigenvalue weighted by atomic mass is 10.1. The Bertz CT molecular complexity index is 597. The highest BCUT2D eigenvalue weighted by molar-refractivity contribution is 5.97. The lowest BCUT2D eigenvalue weighted by Gasteiger charge is -2.28. The third-order valence-corrected chi connectivity index (χ3v) is 5.00. The molecule has 0 bridgehead atoms. The minimum absolute atomic E-state index is 0.0228. The van der Waals surface area contributed by atoms with Crippen LogP contribution in [-0.4, -0.2) is 47.1 Å². The largest absolute Gasteiger partial charge is 0.393 e. The van der Waals surface area contributed by atoms with Crippen molar-refractivity contribution in [3.05, 3.63) is 29.8 Å². The average molecular weight is 330 g/mol.